The Morgan fingerprint density at radius 2 is 2.00 bits per heavy atom. The van der Waals surface area contributed by atoms with Crippen LogP contribution in [0.3, 0.4) is 0 Å². The minimum Gasteiger partial charge on any atom is -0.270 e. The Labute approximate surface area is 81.0 Å². The third-order valence-corrected chi connectivity index (χ3v) is 2.17. The zero-order valence-electron chi connectivity index (χ0n) is 9.12. The van der Waals surface area contributed by atoms with Gasteiger partial charge in [0.05, 0.1) is 5.69 Å². The highest BCUT2D eigenvalue weighted by Crippen LogP contribution is 2.09. The van der Waals surface area contributed by atoms with Gasteiger partial charge >= 0.3 is 0 Å². The van der Waals surface area contributed by atoms with Crippen LogP contribution in [0.2, 0.25) is 0 Å². The van der Waals surface area contributed by atoms with E-state index in [0.717, 1.165) is 12.3 Å². The predicted octanol–water partition coefficient (Wildman–Crippen LogP) is 3.05. The largest absolute Gasteiger partial charge is 0.270 e. The van der Waals surface area contributed by atoms with Crippen molar-refractivity contribution in [3.05, 3.63) is 18.0 Å². The maximum Gasteiger partial charge on any atom is 0.0624 e. The van der Waals surface area contributed by atoms with Crippen LogP contribution < -0.4 is 0 Å². The van der Waals surface area contributed by atoms with Crippen molar-refractivity contribution in [1.82, 2.24) is 9.78 Å². The molecule has 2 nitrogen and oxygen atoms in total. The van der Waals surface area contributed by atoms with Gasteiger partial charge in [0.15, 0.2) is 0 Å². The molecule has 0 aromatic carbocycles. The Morgan fingerprint density at radius 1 is 1.31 bits per heavy atom. The van der Waals surface area contributed by atoms with Gasteiger partial charge in [0.2, 0.25) is 0 Å². The second kappa shape index (κ2) is 4.45. The molecule has 0 radical (unpaired) electrons. The van der Waals surface area contributed by atoms with Crippen molar-refractivity contribution < 1.29 is 0 Å². The lowest BCUT2D eigenvalue weighted by molar-refractivity contribution is 0.517. The molecule has 13 heavy (non-hydrogen) atoms. The summed E-state index contributed by atoms with van der Waals surface area (Å²) >= 11 is 0. The van der Waals surface area contributed by atoms with Gasteiger partial charge in [-0.15, -0.1) is 0 Å². The molecular formula is C11H20N2. The molecule has 1 aromatic rings. The highest BCUT2D eigenvalue weighted by molar-refractivity contribution is 4.99. The minimum atomic E-state index is 0.479. The zero-order valence-corrected chi connectivity index (χ0v) is 9.12. The van der Waals surface area contributed by atoms with Gasteiger partial charge in [-0.3, -0.25) is 4.68 Å². The van der Waals surface area contributed by atoms with Gasteiger partial charge in [0.25, 0.3) is 0 Å². The van der Waals surface area contributed by atoms with E-state index in [-0.39, 0.29) is 0 Å². The topological polar surface area (TPSA) is 17.8 Å². The van der Waals surface area contributed by atoms with E-state index in [1.54, 1.807) is 0 Å². The summed E-state index contributed by atoms with van der Waals surface area (Å²) in [6, 6.07) is 2.61. The highest BCUT2D eigenvalue weighted by atomic mass is 15.3. The zero-order chi connectivity index (χ0) is 9.84. The Morgan fingerprint density at radius 3 is 2.46 bits per heavy atom. The minimum absolute atomic E-state index is 0.479. The second-order valence-corrected chi connectivity index (χ2v) is 4.31. The number of hydrogen-bond acceptors (Lipinski definition) is 1. The predicted molar refractivity (Wildman–Crippen MR) is 55.8 cm³/mol. The van der Waals surface area contributed by atoms with Crippen LogP contribution in [0.4, 0.5) is 0 Å². The Hall–Kier alpha value is -0.790. The van der Waals surface area contributed by atoms with Crippen LogP contribution in [-0.4, -0.2) is 9.78 Å². The monoisotopic (exact) mass is 180 g/mol. The Kier molecular flexibility index (Phi) is 3.52. The average molecular weight is 180 g/mol. The molecule has 0 amide bonds. The van der Waals surface area contributed by atoms with Crippen molar-refractivity contribution in [2.24, 2.45) is 5.92 Å². The van der Waals surface area contributed by atoms with Crippen molar-refractivity contribution in [1.29, 1.82) is 0 Å². The van der Waals surface area contributed by atoms with E-state index in [9.17, 15) is 0 Å². The van der Waals surface area contributed by atoms with Gasteiger partial charge in [-0.1, -0.05) is 13.8 Å². The number of hydrogen-bond donors (Lipinski definition) is 0. The molecule has 1 aromatic heterocycles. The number of nitrogens with zero attached hydrogens (tertiary/aromatic N) is 2. The van der Waals surface area contributed by atoms with Gasteiger partial charge < -0.3 is 0 Å². The van der Waals surface area contributed by atoms with E-state index in [1.165, 1.54) is 12.1 Å². The van der Waals surface area contributed by atoms with Gasteiger partial charge in [0.1, 0.15) is 0 Å². The van der Waals surface area contributed by atoms with E-state index in [2.05, 4.69) is 45.1 Å². The van der Waals surface area contributed by atoms with Crippen LogP contribution >= 0.6 is 0 Å². The molecule has 1 heterocycles. The van der Waals surface area contributed by atoms with Crippen LogP contribution in [0.5, 0.6) is 0 Å². The molecule has 0 aliphatic rings. The molecule has 0 saturated heterocycles. The first-order valence-electron chi connectivity index (χ1n) is 5.13. The average Bonchev–Trinajstić information content (AvgIpc) is 2.48. The van der Waals surface area contributed by atoms with Gasteiger partial charge in [-0.25, -0.2) is 0 Å². The standard InChI is InChI=1S/C11H20N2/c1-9(2)5-6-11-7-8-13(12-11)10(3)4/h7-10H,5-6H2,1-4H3. The van der Waals surface area contributed by atoms with Crippen LogP contribution in [0.1, 0.15) is 45.9 Å². The smallest absolute Gasteiger partial charge is 0.0624 e. The van der Waals surface area contributed by atoms with E-state index in [4.69, 9.17) is 0 Å². The van der Waals surface area contributed by atoms with Gasteiger partial charge in [-0.2, -0.15) is 5.10 Å². The van der Waals surface area contributed by atoms with Crippen molar-refractivity contribution in [3.63, 3.8) is 0 Å². The van der Waals surface area contributed by atoms with Crippen LogP contribution in [0.15, 0.2) is 12.3 Å². The first kappa shape index (κ1) is 10.3. The molecule has 1 rings (SSSR count). The molecule has 0 bridgehead atoms. The molecule has 0 saturated carbocycles. The molecule has 0 aliphatic carbocycles. The quantitative estimate of drug-likeness (QED) is 0.696. The Bertz CT molecular complexity index is 248. The van der Waals surface area contributed by atoms with E-state index >= 15 is 0 Å². The normalized spacial score (nSPS) is 11.5. The van der Waals surface area contributed by atoms with Crippen molar-refractivity contribution in [2.45, 2.75) is 46.6 Å². The maximum absolute atomic E-state index is 4.50. The molecule has 0 fully saturated rings. The molecular weight excluding hydrogens is 160 g/mol. The highest BCUT2D eigenvalue weighted by Gasteiger charge is 2.02. The fourth-order valence-electron chi connectivity index (χ4n) is 1.23. The molecule has 0 atom stereocenters. The summed E-state index contributed by atoms with van der Waals surface area (Å²) < 4.78 is 2.02. The van der Waals surface area contributed by atoms with E-state index in [1.807, 2.05) is 4.68 Å². The summed E-state index contributed by atoms with van der Waals surface area (Å²) in [5.74, 6) is 0.768. The lowest BCUT2D eigenvalue weighted by Crippen LogP contribution is -2.02. The lowest BCUT2D eigenvalue weighted by Gasteiger charge is -2.04. The fraction of sp³-hybridized carbons (Fsp3) is 0.727. The molecule has 0 spiro atoms. The Balaban J connectivity index is 2.49. The molecule has 0 unspecified atom stereocenters. The third-order valence-electron chi connectivity index (χ3n) is 2.17. The first-order chi connectivity index (χ1) is 6.09. The van der Waals surface area contributed by atoms with Crippen LogP contribution in [0, 0.1) is 5.92 Å². The summed E-state index contributed by atoms with van der Waals surface area (Å²) in [6.07, 6.45) is 4.41. The van der Waals surface area contributed by atoms with Crippen LogP contribution in [-0.2, 0) is 6.42 Å². The molecule has 74 valence electrons. The lowest BCUT2D eigenvalue weighted by atomic mass is 10.1. The summed E-state index contributed by atoms with van der Waals surface area (Å²) in [5, 5.41) is 4.50. The number of aromatic nitrogens is 2. The SMILES string of the molecule is CC(C)CCc1ccn(C(C)C)n1. The summed E-state index contributed by atoms with van der Waals surface area (Å²) in [4.78, 5) is 0. The van der Waals surface area contributed by atoms with Crippen molar-refractivity contribution >= 4 is 0 Å². The number of rotatable bonds is 4. The maximum atomic E-state index is 4.50. The van der Waals surface area contributed by atoms with Crippen molar-refractivity contribution in [3.8, 4) is 0 Å². The molecule has 2 heteroatoms. The molecule has 0 N–H and O–H groups in total. The number of aryl methyl sites for hydroxylation is 1. The summed E-state index contributed by atoms with van der Waals surface area (Å²) in [6.45, 7) is 8.80. The van der Waals surface area contributed by atoms with Gasteiger partial charge in [-0.05, 0) is 38.7 Å². The summed E-state index contributed by atoms with van der Waals surface area (Å²) in [5.41, 5.74) is 1.22. The second-order valence-electron chi connectivity index (χ2n) is 4.31. The van der Waals surface area contributed by atoms with Gasteiger partial charge in [0, 0.05) is 12.2 Å². The fourth-order valence-corrected chi connectivity index (χ4v) is 1.23. The third kappa shape index (κ3) is 3.21. The van der Waals surface area contributed by atoms with E-state index in [0.29, 0.717) is 6.04 Å². The molecule has 0 aliphatic heterocycles. The first-order valence-corrected chi connectivity index (χ1v) is 5.13. The van der Waals surface area contributed by atoms with E-state index < -0.39 is 0 Å². The summed E-state index contributed by atoms with van der Waals surface area (Å²) in [7, 11) is 0. The van der Waals surface area contributed by atoms with Crippen LogP contribution in [0.25, 0.3) is 0 Å². The van der Waals surface area contributed by atoms with Crippen molar-refractivity contribution in [2.75, 3.05) is 0 Å².